The zero-order valence-electron chi connectivity index (χ0n) is 13.4. The molecule has 1 aliphatic rings. The molecule has 0 spiro atoms. The van der Waals surface area contributed by atoms with Gasteiger partial charge in [0.05, 0.1) is 25.0 Å². The standard InChI is InChI=1S/C17H27NO3/c1-4-14-11-13(9-10-21-14)18-16-12-15(19-5-2)7-8-17(16)20-6-3/h7-8,12-14,18H,4-6,9-11H2,1-3H3. The van der Waals surface area contributed by atoms with Gasteiger partial charge in [-0.1, -0.05) is 6.92 Å². The zero-order valence-corrected chi connectivity index (χ0v) is 13.4. The molecule has 21 heavy (non-hydrogen) atoms. The Kier molecular flexibility index (Phi) is 6.18. The Morgan fingerprint density at radius 1 is 1.19 bits per heavy atom. The largest absolute Gasteiger partial charge is 0.494 e. The average Bonchev–Trinajstić information content (AvgIpc) is 2.50. The van der Waals surface area contributed by atoms with Crippen molar-refractivity contribution in [2.75, 3.05) is 25.1 Å². The molecule has 4 heteroatoms. The Morgan fingerprint density at radius 2 is 2.00 bits per heavy atom. The highest BCUT2D eigenvalue weighted by Gasteiger charge is 2.22. The van der Waals surface area contributed by atoms with Crippen LogP contribution in [0.1, 0.15) is 40.0 Å². The summed E-state index contributed by atoms with van der Waals surface area (Å²) >= 11 is 0. The van der Waals surface area contributed by atoms with Crippen molar-refractivity contribution in [3.05, 3.63) is 18.2 Å². The van der Waals surface area contributed by atoms with Crippen LogP contribution in [-0.2, 0) is 4.74 Å². The molecule has 0 aromatic heterocycles. The molecule has 1 aromatic carbocycles. The second-order valence-corrected chi connectivity index (χ2v) is 5.29. The summed E-state index contributed by atoms with van der Waals surface area (Å²) in [6, 6.07) is 6.40. The summed E-state index contributed by atoms with van der Waals surface area (Å²) in [5, 5.41) is 3.61. The van der Waals surface area contributed by atoms with Crippen LogP contribution < -0.4 is 14.8 Å². The lowest BCUT2D eigenvalue weighted by Crippen LogP contribution is -2.33. The van der Waals surface area contributed by atoms with Gasteiger partial charge in [-0.25, -0.2) is 0 Å². The van der Waals surface area contributed by atoms with Crippen LogP contribution in [0.5, 0.6) is 11.5 Å². The third-order valence-corrected chi connectivity index (χ3v) is 3.74. The van der Waals surface area contributed by atoms with Gasteiger partial charge in [0.15, 0.2) is 0 Å². The summed E-state index contributed by atoms with van der Waals surface area (Å²) in [5.41, 5.74) is 1.02. The van der Waals surface area contributed by atoms with E-state index in [4.69, 9.17) is 14.2 Å². The second-order valence-electron chi connectivity index (χ2n) is 5.29. The van der Waals surface area contributed by atoms with Gasteiger partial charge in [0.25, 0.3) is 0 Å². The molecule has 2 unspecified atom stereocenters. The van der Waals surface area contributed by atoms with Gasteiger partial charge < -0.3 is 19.5 Å². The Labute approximate surface area is 127 Å². The van der Waals surface area contributed by atoms with E-state index >= 15 is 0 Å². The van der Waals surface area contributed by atoms with Gasteiger partial charge >= 0.3 is 0 Å². The molecule has 2 atom stereocenters. The third kappa shape index (κ3) is 4.53. The number of benzene rings is 1. The molecule has 1 aliphatic heterocycles. The fraction of sp³-hybridized carbons (Fsp3) is 0.647. The van der Waals surface area contributed by atoms with Crippen molar-refractivity contribution in [2.45, 2.75) is 52.2 Å². The van der Waals surface area contributed by atoms with E-state index in [2.05, 4.69) is 12.2 Å². The topological polar surface area (TPSA) is 39.7 Å². The van der Waals surface area contributed by atoms with E-state index in [0.29, 0.717) is 25.4 Å². The van der Waals surface area contributed by atoms with Crippen molar-refractivity contribution < 1.29 is 14.2 Å². The highest BCUT2D eigenvalue weighted by Crippen LogP contribution is 2.31. The Bertz CT molecular complexity index is 436. The molecule has 2 rings (SSSR count). The molecule has 1 fully saturated rings. The van der Waals surface area contributed by atoms with Gasteiger partial charge in [-0.2, -0.15) is 0 Å². The lowest BCUT2D eigenvalue weighted by atomic mass is 10.0. The number of hydrogen-bond acceptors (Lipinski definition) is 4. The zero-order chi connectivity index (χ0) is 15.1. The number of nitrogens with one attached hydrogen (secondary N) is 1. The highest BCUT2D eigenvalue weighted by atomic mass is 16.5. The molecule has 0 aliphatic carbocycles. The minimum absolute atomic E-state index is 0.363. The highest BCUT2D eigenvalue weighted by molar-refractivity contribution is 5.60. The van der Waals surface area contributed by atoms with Crippen molar-refractivity contribution in [2.24, 2.45) is 0 Å². The van der Waals surface area contributed by atoms with Gasteiger partial charge in [0.2, 0.25) is 0 Å². The van der Waals surface area contributed by atoms with Gasteiger partial charge in [-0.15, -0.1) is 0 Å². The predicted molar refractivity (Wildman–Crippen MR) is 85.5 cm³/mol. The van der Waals surface area contributed by atoms with E-state index in [1.807, 2.05) is 32.0 Å². The van der Waals surface area contributed by atoms with Crippen LogP contribution in [0.15, 0.2) is 18.2 Å². The molecule has 0 saturated carbocycles. The van der Waals surface area contributed by atoms with Crippen LogP contribution in [0.2, 0.25) is 0 Å². The quantitative estimate of drug-likeness (QED) is 0.829. The molecule has 4 nitrogen and oxygen atoms in total. The first kappa shape index (κ1) is 16.0. The number of ether oxygens (including phenoxy) is 3. The summed E-state index contributed by atoms with van der Waals surface area (Å²) in [5.74, 6) is 1.77. The Morgan fingerprint density at radius 3 is 2.71 bits per heavy atom. The molecule has 1 aromatic rings. The molecular weight excluding hydrogens is 266 g/mol. The van der Waals surface area contributed by atoms with E-state index in [0.717, 1.165) is 43.1 Å². The number of hydrogen-bond donors (Lipinski definition) is 1. The molecule has 1 N–H and O–H groups in total. The second kappa shape index (κ2) is 8.13. The maximum absolute atomic E-state index is 5.74. The van der Waals surface area contributed by atoms with Crippen LogP contribution in [-0.4, -0.2) is 32.0 Å². The fourth-order valence-corrected chi connectivity index (χ4v) is 2.68. The first-order valence-corrected chi connectivity index (χ1v) is 8.04. The minimum Gasteiger partial charge on any atom is -0.494 e. The van der Waals surface area contributed by atoms with Gasteiger partial charge in [0.1, 0.15) is 11.5 Å². The van der Waals surface area contributed by atoms with Crippen molar-refractivity contribution in [1.82, 2.24) is 0 Å². The smallest absolute Gasteiger partial charge is 0.142 e. The molecule has 0 radical (unpaired) electrons. The molecule has 0 amide bonds. The first-order chi connectivity index (χ1) is 10.3. The van der Waals surface area contributed by atoms with E-state index in [-0.39, 0.29) is 0 Å². The first-order valence-electron chi connectivity index (χ1n) is 8.04. The van der Waals surface area contributed by atoms with Crippen LogP contribution in [0.4, 0.5) is 5.69 Å². The van der Waals surface area contributed by atoms with Gasteiger partial charge in [-0.05, 0) is 45.2 Å². The predicted octanol–water partition coefficient (Wildman–Crippen LogP) is 3.85. The van der Waals surface area contributed by atoms with Crippen molar-refractivity contribution in [3.8, 4) is 11.5 Å². The van der Waals surface area contributed by atoms with Crippen molar-refractivity contribution in [3.63, 3.8) is 0 Å². The molecule has 118 valence electrons. The Balaban J connectivity index is 2.09. The van der Waals surface area contributed by atoms with Crippen LogP contribution in [0.25, 0.3) is 0 Å². The number of rotatable bonds is 7. The summed E-state index contributed by atoms with van der Waals surface area (Å²) in [6.45, 7) is 8.33. The van der Waals surface area contributed by atoms with Crippen molar-refractivity contribution >= 4 is 5.69 Å². The summed E-state index contributed by atoms with van der Waals surface area (Å²) < 4.78 is 17.0. The van der Waals surface area contributed by atoms with E-state index in [9.17, 15) is 0 Å². The Hall–Kier alpha value is -1.42. The lowest BCUT2D eigenvalue weighted by Gasteiger charge is -2.30. The minimum atomic E-state index is 0.363. The normalized spacial score (nSPS) is 21.9. The average molecular weight is 293 g/mol. The summed E-state index contributed by atoms with van der Waals surface area (Å²) in [6.07, 6.45) is 3.50. The lowest BCUT2D eigenvalue weighted by molar-refractivity contribution is 0.00922. The SMILES string of the molecule is CCOc1ccc(OCC)c(NC2CCOC(CC)C2)c1. The van der Waals surface area contributed by atoms with E-state index < -0.39 is 0 Å². The molecule has 0 bridgehead atoms. The molecule has 1 saturated heterocycles. The maximum atomic E-state index is 5.74. The van der Waals surface area contributed by atoms with Gasteiger partial charge in [0, 0.05) is 18.7 Å². The summed E-state index contributed by atoms with van der Waals surface area (Å²) in [7, 11) is 0. The third-order valence-electron chi connectivity index (χ3n) is 3.74. The van der Waals surface area contributed by atoms with Crippen molar-refractivity contribution in [1.29, 1.82) is 0 Å². The summed E-state index contributed by atoms with van der Waals surface area (Å²) in [4.78, 5) is 0. The monoisotopic (exact) mass is 293 g/mol. The van der Waals surface area contributed by atoms with Crippen LogP contribution in [0, 0.1) is 0 Å². The number of anilines is 1. The molecule has 1 heterocycles. The van der Waals surface area contributed by atoms with Crippen LogP contribution in [0.3, 0.4) is 0 Å². The van der Waals surface area contributed by atoms with Gasteiger partial charge in [-0.3, -0.25) is 0 Å². The van der Waals surface area contributed by atoms with E-state index in [1.54, 1.807) is 0 Å². The fourth-order valence-electron chi connectivity index (χ4n) is 2.68. The van der Waals surface area contributed by atoms with Crippen LogP contribution >= 0.6 is 0 Å². The molecular formula is C17H27NO3. The maximum Gasteiger partial charge on any atom is 0.142 e. The van der Waals surface area contributed by atoms with E-state index in [1.165, 1.54) is 0 Å².